The normalized spacial score (nSPS) is 15.9. The van der Waals surface area contributed by atoms with Gasteiger partial charge in [0, 0.05) is 44.8 Å². The third-order valence-electron chi connectivity index (χ3n) is 6.24. The van der Waals surface area contributed by atoms with Crippen molar-refractivity contribution in [2.24, 2.45) is 5.10 Å². The number of rotatable bonds is 14. The van der Waals surface area contributed by atoms with Crippen LogP contribution in [0.2, 0.25) is 0 Å². The van der Waals surface area contributed by atoms with Gasteiger partial charge in [0.2, 0.25) is 0 Å². The number of hydrogen-bond donors (Lipinski definition) is 2. The predicted molar refractivity (Wildman–Crippen MR) is 141 cm³/mol. The molecule has 0 bridgehead atoms. The molecule has 1 aliphatic rings. The lowest BCUT2D eigenvalue weighted by atomic mass is 9.88. The maximum absolute atomic E-state index is 10.9. The van der Waals surface area contributed by atoms with Crippen molar-refractivity contribution in [2.45, 2.75) is 57.5 Å². The molecule has 1 unspecified atom stereocenters. The molecule has 33 heavy (non-hydrogen) atoms. The molecule has 0 aromatic heterocycles. The quantitative estimate of drug-likeness (QED) is 0.234. The Bertz CT molecular complexity index is 863. The summed E-state index contributed by atoms with van der Waals surface area (Å²) in [5.41, 5.74) is 5.73. The molecule has 5 nitrogen and oxygen atoms in total. The van der Waals surface area contributed by atoms with Gasteiger partial charge in [-0.15, -0.1) is 0 Å². The summed E-state index contributed by atoms with van der Waals surface area (Å²) in [6.07, 6.45) is 13.0. The monoisotopic (exact) mass is 448 g/mol. The van der Waals surface area contributed by atoms with E-state index < -0.39 is 0 Å². The van der Waals surface area contributed by atoms with Gasteiger partial charge in [-0.1, -0.05) is 63.1 Å². The van der Waals surface area contributed by atoms with Gasteiger partial charge in [-0.2, -0.15) is 5.10 Å². The summed E-state index contributed by atoms with van der Waals surface area (Å²) in [5.74, 6) is 0.529. The summed E-state index contributed by atoms with van der Waals surface area (Å²) >= 11 is 0. The van der Waals surface area contributed by atoms with Crippen molar-refractivity contribution >= 4 is 18.1 Å². The molecular weight excluding hydrogens is 408 g/mol. The number of nitrogens with one attached hydrogen (secondary N) is 2. The molecule has 0 amide bonds. The lowest BCUT2D eigenvalue weighted by molar-refractivity contribution is -0.108. The lowest BCUT2D eigenvalue weighted by Gasteiger charge is -2.31. The first kappa shape index (κ1) is 26.3. The van der Waals surface area contributed by atoms with Crippen molar-refractivity contribution in [1.29, 1.82) is 0 Å². The van der Waals surface area contributed by atoms with Crippen LogP contribution in [0.15, 0.2) is 67.0 Å². The fourth-order valence-electron chi connectivity index (χ4n) is 4.16. The number of nitrogens with zero attached hydrogens (tertiary/aromatic N) is 2. The first-order chi connectivity index (χ1) is 16.1. The van der Waals surface area contributed by atoms with Gasteiger partial charge >= 0.3 is 0 Å². The van der Waals surface area contributed by atoms with E-state index in [1.807, 2.05) is 25.3 Å². The molecular formula is C28H40N4O. The van der Waals surface area contributed by atoms with Crippen LogP contribution in [-0.4, -0.2) is 43.2 Å². The second-order valence-electron chi connectivity index (χ2n) is 8.38. The van der Waals surface area contributed by atoms with Crippen LogP contribution in [0.3, 0.4) is 0 Å². The Hall–Kier alpha value is -2.92. The van der Waals surface area contributed by atoms with Crippen LogP contribution in [0.1, 0.15) is 61.6 Å². The lowest BCUT2D eigenvalue weighted by Crippen LogP contribution is -2.35. The molecule has 0 saturated carbocycles. The molecule has 1 fully saturated rings. The van der Waals surface area contributed by atoms with Crippen LogP contribution in [0.25, 0.3) is 6.08 Å². The molecule has 178 valence electrons. The third kappa shape index (κ3) is 8.17. The number of piperidine rings is 1. The average Bonchev–Trinajstić information content (AvgIpc) is 2.86. The molecule has 5 heteroatoms. The SMILES string of the molecule is C=C/C=C\C(CC)=N/N1CCC(c2ccc(C=C)c(CNC(CCC=O)C(=C)NC)c2)CC1. The molecule has 1 heterocycles. The van der Waals surface area contributed by atoms with Crippen LogP contribution in [0, 0.1) is 0 Å². The predicted octanol–water partition coefficient (Wildman–Crippen LogP) is 5.19. The standard InChI is InChI=1S/C28H40N4O/c1-6-9-11-27(8-3)31-32-17-15-24(16-18-32)25-14-13-23(7-2)26(20-25)21-30-28(12-10-19-33)22(4)29-5/h6-7,9,11,13-14,19-20,24,28-30H,1-2,4,8,10,12,15-18,21H2,3,5H3/b11-9-,31-27-. The Morgan fingerprint density at radius 2 is 2.06 bits per heavy atom. The summed E-state index contributed by atoms with van der Waals surface area (Å²) in [5, 5.41) is 13.7. The molecule has 0 aliphatic carbocycles. The first-order valence-corrected chi connectivity index (χ1v) is 12.0. The number of hydrazone groups is 1. The van der Waals surface area contributed by atoms with Crippen molar-refractivity contribution in [2.75, 3.05) is 20.1 Å². The van der Waals surface area contributed by atoms with E-state index in [-0.39, 0.29) is 6.04 Å². The zero-order valence-electron chi connectivity index (χ0n) is 20.4. The minimum Gasteiger partial charge on any atom is -0.391 e. The van der Waals surface area contributed by atoms with E-state index in [0.717, 1.165) is 62.0 Å². The number of aldehydes is 1. The Morgan fingerprint density at radius 3 is 2.67 bits per heavy atom. The Labute approximate surface area is 200 Å². The van der Waals surface area contributed by atoms with Gasteiger partial charge in [0.05, 0.1) is 5.71 Å². The fourth-order valence-corrected chi connectivity index (χ4v) is 4.16. The Balaban J connectivity index is 2.07. The van der Waals surface area contributed by atoms with Crippen LogP contribution in [0.4, 0.5) is 0 Å². The molecule has 1 saturated heterocycles. The van der Waals surface area contributed by atoms with Gasteiger partial charge in [0.25, 0.3) is 0 Å². The van der Waals surface area contributed by atoms with E-state index in [1.54, 1.807) is 6.08 Å². The highest BCUT2D eigenvalue weighted by molar-refractivity contribution is 5.94. The molecule has 1 aromatic rings. The van der Waals surface area contributed by atoms with Crippen molar-refractivity contribution in [3.05, 3.63) is 78.6 Å². The highest BCUT2D eigenvalue weighted by Crippen LogP contribution is 2.30. The van der Waals surface area contributed by atoms with Crippen LogP contribution in [-0.2, 0) is 11.3 Å². The number of carbonyl (C=O) groups excluding carboxylic acids is 1. The van der Waals surface area contributed by atoms with E-state index in [1.165, 1.54) is 11.1 Å². The minimum absolute atomic E-state index is 0.0468. The fraction of sp³-hybridized carbons (Fsp3) is 0.429. The number of allylic oxidation sites excluding steroid dienone is 3. The van der Waals surface area contributed by atoms with Gasteiger partial charge in [-0.05, 0) is 54.4 Å². The Kier molecular flexibility index (Phi) is 11.4. The number of benzene rings is 1. The molecule has 2 rings (SSSR count). The molecule has 1 aliphatic heterocycles. The van der Waals surface area contributed by atoms with E-state index >= 15 is 0 Å². The van der Waals surface area contributed by atoms with Crippen LogP contribution < -0.4 is 10.6 Å². The third-order valence-corrected chi connectivity index (χ3v) is 6.24. The number of likely N-dealkylation sites (N-methyl/N-ethyl adjacent to an activating group) is 1. The Morgan fingerprint density at radius 1 is 1.30 bits per heavy atom. The summed E-state index contributed by atoms with van der Waals surface area (Å²) in [7, 11) is 1.86. The highest BCUT2D eigenvalue weighted by atomic mass is 16.1. The minimum atomic E-state index is 0.0468. The molecule has 0 spiro atoms. The first-order valence-electron chi connectivity index (χ1n) is 12.0. The van der Waals surface area contributed by atoms with Crippen LogP contribution in [0.5, 0.6) is 0 Å². The zero-order chi connectivity index (χ0) is 24.1. The summed E-state index contributed by atoms with van der Waals surface area (Å²) in [6.45, 7) is 16.6. The molecule has 2 N–H and O–H groups in total. The van der Waals surface area contributed by atoms with Gasteiger partial charge in [-0.25, -0.2) is 0 Å². The summed E-state index contributed by atoms with van der Waals surface area (Å²) in [4.78, 5) is 10.9. The summed E-state index contributed by atoms with van der Waals surface area (Å²) < 4.78 is 0. The van der Waals surface area contributed by atoms with Gasteiger partial charge in [0.1, 0.15) is 6.29 Å². The smallest absolute Gasteiger partial charge is 0.120 e. The molecule has 1 aromatic carbocycles. The van der Waals surface area contributed by atoms with Gasteiger partial charge < -0.3 is 15.4 Å². The molecule has 1 atom stereocenters. The maximum atomic E-state index is 10.9. The second kappa shape index (κ2) is 14.3. The summed E-state index contributed by atoms with van der Waals surface area (Å²) in [6, 6.07) is 6.78. The average molecular weight is 449 g/mol. The van der Waals surface area contributed by atoms with E-state index in [2.05, 4.69) is 60.5 Å². The van der Waals surface area contributed by atoms with Gasteiger partial charge in [0.15, 0.2) is 0 Å². The van der Waals surface area contributed by atoms with Crippen molar-refractivity contribution in [1.82, 2.24) is 15.6 Å². The number of hydrogen-bond acceptors (Lipinski definition) is 5. The van der Waals surface area contributed by atoms with E-state index in [4.69, 9.17) is 5.10 Å². The highest BCUT2D eigenvalue weighted by Gasteiger charge is 2.21. The molecule has 0 radical (unpaired) electrons. The van der Waals surface area contributed by atoms with Crippen molar-refractivity contribution in [3.8, 4) is 0 Å². The maximum Gasteiger partial charge on any atom is 0.120 e. The second-order valence-corrected chi connectivity index (χ2v) is 8.38. The van der Waals surface area contributed by atoms with Gasteiger partial charge in [-0.3, -0.25) is 5.01 Å². The topological polar surface area (TPSA) is 56.7 Å². The van der Waals surface area contributed by atoms with E-state index in [9.17, 15) is 4.79 Å². The zero-order valence-corrected chi connectivity index (χ0v) is 20.4. The van der Waals surface area contributed by atoms with Crippen molar-refractivity contribution < 1.29 is 4.79 Å². The van der Waals surface area contributed by atoms with Crippen LogP contribution >= 0.6 is 0 Å². The largest absolute Gasteiger partial charge is 0.391 e. The number of carbonyl (C=O) groups is 1. The van der Waals surface area contributed by atoms with E-state index in [0.29, 0.717) is 18.9 Å². The van der Waals surface area contributed by atoms with Crippen molar-refractivity contribution in [3.63, 3.8) is 0 Å².